The third-order valence-corrected chi connectivity index (χ3v) is 3.06. The van der Waals surface area contributed by atoms with Gasteiger partial charge in [-0.3, -0.25) is 0 Å². The van der Waals surface area contributed by atoms with Crippen LogP contribution in [-0.2, 0) is 14.6 Å². The molecule has 2 N–H and O–H groups in total. The molecule has 86 valence electrons. The fraction of sp³-hybridized carbons (Fsp3) is 1.00. The lowest BCUT2D eigenvalue weighted by atomic mass is 10.1. The summed E-state index contributed by atoms with van der Waals surface area (Å²) in [5, 5.41) is 0. The topological polar surface area (TPSA) is 69.4 Å². The predicted molar refractivity (Wildman–Crippen MR) is 58.0 cm³/mol. The van der Waals surface area contributed by atoms with Crippen LogP contribution in [0.25, 0.3) is 0 Å². The van der Waals surface area contributed by atoms with E-state index >= 15 is 0 Å². The molecule has 0 bridgehead atoms. The van der Waals surface area contributed by atoms with Gasteiger partial charge in [-0.1, -0.05) is 6.92 Å². The first-order valence-electron chi connectivity index (χ1n) is 4.95. The molecule has 2 unspecified atom stereocenters. The van der Waals surface area contributed by atoms with E-state index < -0.39 is 9.84 Å². The molecule has 0 spiro atoms. The van der Waals surface area contributed by atoms with Crippen LogP contribution in [0.15, 0.2) is 0 Å². The van der Waals surface area contributed by atoms with Gasteiger partial charge in [0.1, 0.15) is 9.84 Å². The minimum absolute atomic E-state index is 0.0262. The Morgan fingerprint density at radius 3 is 2.29 bits per heavy atom. The van der Waals surface area contributed by atoms with Gasteiger partial charge in [0.2, 0.25) is 0 Å². The summed E-state index contributed by atoms with van der Waals surface area (Å²) in [7, 11) is -2.91. The van der Waals surface area contributed by atoms with Crippen LogP contribution >= 0.6 is 0 Å². The quantitative estimate of drug-likeness (QED) is 0.685. The van der Waals surface area contributed by atoms with E-state index in [4.69, 9.17) is 10.5 Å². The minimum Gasteiger partial charge on any atom is -0.377 e. The van der Waals surface area contributed by atoms with E-state index in [2.05, 4.69) is 0 Å². The molecule has 0 aromatic carbocycles. The maximum absolute atomic E-state index is 10.9. The van der Waals surface area contributed by atoms with Gasteiger partial charge in [0.25, 0.3) is 0 Å². The van der Waals surface area contributed by atoms with E-state index in [0.717, 1.165) is 6.42 Å². The fourth-order valence-corrected chi connectivity index (χ4v) is 1.99. The van der Waals surface area contributed by atoms with Crippen molar-refractivity contribution >= 4 is 9.84 Å². The Kier molecular flexibility index (Phi) is 6.31. The lowest BCUT2D eigenvalue weighted by Gasteiger charge is -2.22. The first kappa shape index (κ1) is 13.9. The predicted octanol–water partition coefficient (Wildman–Crippen LogP) is 0.563. The summed E-state index contributed by atoms with van der Waals surface area (Å²) < 4.78 is 27.2. The summed E-state index contributed by atoms with van der Waals surface area (Å²) in [6.07, 6.45) is 2.49. The number of ether oxygens (including phenoxy) is 1. The Balaban J connectivity index is 3.98. The van der Waals surface area contributed by atoms with Crippen LogP contribution in [0.1, 0.15) is 26.7 Å². The first-order valence-corrected chi connectivity index (χ1v) is 7.01. The van der Waals surface area contributed by atoms with E-state index in [1.54, 1.807) is 0 Å². The van der Waals surface area contributed by atoms with Crippen LogP contribution in [0.4, 0.5) is 0 Å². The summed E-state index contributed by atoms with van der Waals surface area (Å²) >= 11 is 0. The normalized spacial score (nSPS) is 16.6. The van der Waals surface area contributed by atoms with Crippen molar-refractivity contribution in [2.45, 2.75) is 38.8 Å². The van der Waals surface area contributed by atoms with Gasteiger partial charge in [0.15, 0.2) is 0 Å². The standard InChI is InChI=1S/C9H21NO3S/c1-4-9(13-5-2)8(10)6-7-14(3,11)12/h8-9H,4-7,10H2,1-3H3. The molecule has 0 fully saturated rings. The molecule has 0 aliphatic heterocycles. The van der Waals surface area contributed by atoms with Crippen LogP contribution in [0.3, 0.4) is 0 Å². The maximum Gasteiger partial charge on any atom is 0.147 e. The van der Waals surface area contributed by atoms with Crippen LogP contribution in [0.5, 0.6) is 0 Å². The van der Waals surface area contributed by atoms with E-state index in [-0.39, 0.29) is 17.9 Å². The number of hydrogen-bond donors (Lipinski definition) is 1. The fourth-order valence-electron chi connectivity index (χ4n) is 1.29. The number of sulfone groups is 1. The van der Waals surface area contributed by atoms with Crippen molar-refractivity contribution in [1.29, 1.82) is 0 Å². The van der Waals surface area contributed by atoms with Crippen molar-refractivity contribution in [3.8, 4) is 0 Å². The van der Waals surface area contributed by atoms with Crippen molar-refractivity contribution in [2.24, 2.45) is 5.73 Å². The zero-order chi connectivity index (χ0) is 11.2. The van der Waals surface area contributed by atoms with Gasteiger partial charge < -0.3 is 10.5 Å². The van der Waals surface area contributed by atoms with Crippen LogP contribution in [-0.4, -0.2) is 39.2 Å². The van der Waals surface area contributed by atoms with Crippen molar-refractivity contribution in [3.05, 3.63) is 0 Å². The van der Waals surface area contributed by atoms with E-state index in [1.165, 1.54) is 6.26 Å². The third-order valence-electron chi connectivity index (χ3n) is 2.08. The van der Waals surface area contributed by atoms with Crippen molar-refractivity contribution < 1.29 is 13.2 Å². The molecule has 0 rings (SSSR count). The lowest BCUT2D eigenvalue weighted by Crippen LogP contribution is -2.37. The molecular weight excluding hydrogens is 202 g/mol. The average molecular weight is 223 g/mol. The molecule has 0 aliphatic rings. The Morgan fingerprint density at radius 2 is 1.93 bits per heavy atom. The highest BCUT2D eigenvalue weighted by Crippen LogP contribution is 2.06. The van der Waals surface area contributed by atoms with Gasteiger partial charge in [-0.25, -0.2) is 8.42 Å². The molecule has 0 saturated heterocycles. The van der Waals surface area contributed by atoms with Crippen LogP contribution < -0.4 is 5.73 Å². The Bertz CT molecular complexity index is 238. The molecule has 0 amide bonds. The summed E-state index contributed by atoms with van der Waals surface area (Å²) in [4.78, 5) is 0. The molecule has 2 atom stereocenters. The zero-order valence-corrected chi connectivity index (χ0v) is 10.0. The second-order valence-corrected chi connectivity index (χ2v) is 5.74. The van der Waals surface area contributed by atoms with Crippen LogP contribution in [0.2, 0.25) is 0 Å². The second kappa shape index (κ2) is 6.37. The molecule has 5 heteroatoms. The highest BCUT2D eigenvalue weighted by Gasteiger charge is 2.17. The molecular formula is C9H21NO3S. The number of nitrogens with two attached hydrogens (primary N) is 1. The van der Waals surface area contributed by atoms with Gasteiger partial charge in [-0.05, 0) is 19.8 Å². The number of hydrogen-bond acceptors (Lipinski definition) is 4. The highest BCUT2D eigenvalue weighted by atomic mass is 32.2. The molecule has 0 heterocycles. The van der Waals surface area contributed by atoms with Gasteiger partial charge in [0, 0.05) is 18.9 Å². The van der Waals surface area contributed by atoms with Gasteiger partial charge in [0.05, 0.1) is 11.9 Å². The first-order chi connectivity index (χ1) is 6.40. The van der Waals surface area contributed by atoms with E-state index in [1.807, 2.05) is 13.8 Å². The zero-order valence-electron chi connectivity index (χ0n) is 9.19. The van der Waals surface area contributed by atoms with Crippen LogP contribution in [0, 0.1) is 0 Å². The molecule has 0 saturated carbocycles. The monoisotopic (exact) mass is 223 g/mol. The SMILES string of the molecule is CCOC(CC)C(N)CCS(C)(=O)=O. The average Bonchev–Trinajstić information content (AvgIpc) is 2.09. The molecule has 0 aliphatic carbocycles. The Hall–Kier alpha value is -0.130. The summed E-state index contributed by atoms with van der Waals surface area (Å²) in [5.41, 5.74) is 5.83. The lowest BCUT2D eigenvalue weighted by molar-refractivity contribution is 0.0410. The van der Waals surface area contributed by atoms with E-state index in [0.29, 0.717) is 13.0 Å². The molecule has 14 heavy (non-hydrogen) atoms. The van der Waals surface area contributed by atoms with Gasteiger partial charge in [-0.15, -0.1) is 0 Å². The molecule has 0 aromatic heterocycles. The smallest absolute Gasteiger partial charge is 0.147 e. The summed E-state index contributed by atoms with van der Waals surface area (Å²) in [6.45, 7) is 4.51. The van der Waals surface area contributed by atoms with Gasteiger partial charge in [-0.2, -0.15) is 0 Å². The van der Waals surface area contributed by atoms with Crippen molar-refractivity contribution in [2.75, 3.05) is 18.6 Å². The third kappa shape index (κ3) is 6.34. The Labute approximate surface area is 86.7 Å². The molecule has 4 nitrogen and oxygen atoms in total. The largest absolute Gasteiger partial charge is 0.377 e. The minimum atomic E-state index is -2.91. The summed E-state index contributed by atoms with van der Waals surface area (Å²) in [5.74, 6) is 0.137. The molecule has 0 aromatic rings. The van der Waals surface area contributed by atoms with Gasteiger partial charge >= 0.3 is 0 Å². The van der Waals surface area contributed by atoms with E-state index in [9.17, 15) is 8.42 Å². The van der Waals surface area contributed by atoms with Crippen molar-refractivity contribution in [3.63, 3.8) is 0 Å². The molecule has 0 radical (unpaired) electrons. The number of rotatable bonds is 7. The van der Waals surface area contributed by atoms with Crippen molar-refractivity contribution in [1.82, 2.24) is 0 Å². The highest BCUT2D eigenvalue weighted by molar-refractivity contribution is 7.90. The Morgan fingerprint density at radius 1 is 1.36 bits per heavy atom. The summed E-state index contributed by atoms with van der Waals surface area (Å²) in [6, 6.07) is -0.185. The second-order valence-electron chi connectivity index (χ2n) is 3.48. The maximum atomic E-state index is 10.9.